The minimum atomic E-state index is 0.636. The smallest absolute Gasteiger partial charge is 0.164 e. The van der Waals surface area contributed by atoms with Crippen molar-refractivity contribution < 1.29 is 0 Å². The highest BCUT2D eigenvalue weighted by Gasteiger charge is 2.31. The van der Waals surface area contributed by atoms with Crippen LogP contribution < -0.4 is 0 Å². The summed E-state index contributed by atoms with van der Waals surface area (Å²) in [7, 11) is 0. The van der Waals surface area contributed by atoms with Gasteiger partial charge in [0.2, 0.25) is 0 Å². The number of fused-ring (bicyclic) bond motifs is 16. The van der Waals surface area contributed by atoms with Gasteiger partial charge >= 0.3 is 0 Å². The molecule has 8 nitrogen and oxygen atoms in total. The fourth-order valence-corrected chi connectivity index (χ4v) is 18.1. The third-order valence-corrected chi connectivity index (χ3v) is 22.7. The zero-order chi connectivity index (χ0) is 72.1. The van der Waals surface area contributed by atoms with E-state index >= 15 is 0 Å². The Balaban J connectivity index is 0.000000132. The summed E-state index contributed by atoms with van der Waals surface area (Å²) in [6, 6.07) is 130. The summed E-state index contributed by atoms with van der Waals surface area (Å²) in [5.41, 5.74) is 22.8. The third kappa shape index (κ3) is 9.33. The van der Waals surface area contributed by atoms with Crippen molar-refractivity contribution >= 4 is 108 Å². The molecule has 0 unspecified atom stereocenters. The molecule has 24 rings (SSSR count). The van der Waals surface area contributed by atoms with Gasteiger partial charge < -0.3 is 9.13 Å². The van der Waals surface area contributed by atoms with Crippen LogP contribution in [0.4, 0.5) is 0 Å². The summed E-state index contributed by atoms with van der Waals surface area (Å²) in [6.45, 7) is 0. The van der Waals surface area contributed by atoms with E-state index in [0.717, 1.165) is 44.8 Å². The lowest BCUT2D eigenvalue weighted by Crippen LogP contribution is -2.01. The van der Waals surface area contributed by atoms with Gasteiger partial charge in [0.25, 0.3) is 0 Å². The largest absolute Gasteiger partial charge is 0.309 e. The second kappa shape index (κ2) is 24.3. The number of nitrogens with zero attached hydrogens (tertiary/aromatic N) is 8. The molecule has 0 saturated heterocycles. The minimum absolute atomic E-state index is 0.636. The van der Waals surface area contributed by atoms with Gasteiger partial charge in [-0.3, -0.25) is 0 Å². The van der Waals surface area contributed by atoms with E-state index in [0.29, 0.717) is 34.9 Å². The van der Waals surface area contributed by atoms with Crippen LogP contribution in [0, 0.1) is 0 Å². The number of hydrogen-bond acceptors (Lipinski definition) is 6. The molecular formula is C102H60N8. The van der Waals surface area contributed by atoms with Crippen LogP contribution in [0.5, 0.6) is 0 Å². The van der Waals surface area contributed by atoms with E-state index in [1.807, 2.05) is 121 Å². The minimum Gasteiger partial charge on any atom is -0.309 e. The molecule has 22 aromatic rings. The van der Waals surface area contributed by atoms with E-state index in [4.69, 9.17) is 29.9 Å². The van der Waals surface area contributed by atoms with Crippen LogP contribution in [-0.4, -0.2) is 39.0 Å². The Morgan fingerprint density at radius 2 is 0.436 bits per heavy atom. The molecule has 0 saturated carbocycles. The lowest BCUT2D eigenvalue weighted by atomic mass is 9.84. The van der Waals surface area contributed by atoms with Crippen LogP contribution in [0.2, 0.25) is 0 Å². The Labute approximate surface area is 631 Å². The highest BCUT2D eigenvalue weighted by molar-refractivity contribution is 6.37. The summed E-state index contributed by atoms with van der Waals surface area (Å²) in [5.74, 6) is 3.89. The van der Waals surface area contributed by atoms with Gasteiger partial charge in [0.05, 0.1) is 22.1 Å². The van der Waals surface area contributed by atoms with Gasteiger partial charge in [0.1, 0.15) is 0 Å². The van der Waals surface area contributed by atoms with E-state index in [1.165, 1.54) is 153 Å². The summed E-state index contributed by atoms with van der Waals surface area (Å²) >= 11 is 0. The molecule has 0 spiro atoms. The van der Waals surface area contributed by atoms with Crippen molar-refractivity contribution in [2.24, 2.45) is 0 Å². The number of aromatic nitrogens is 8. The molecule has 2 aliphatic carbocycles. The van der Waals surface area contributed by atoms with Gasteiger partial charge in [-0.15, -0.1) is 0 Å². The van der Waals surface area contributed by atoms with Crippen molar-refractivity contribution in [2.45, 2.75) is 0 Å². The number of hydrogen-bond donors (Lipinski definition) is 0. The second-order valence-electron chi connectivity index (χ2n) is 28.7. The van der Waals surface area contributed by atoms with Gasteiger partial charge in [0, 0.05) is 66.3 Å². The lowest BCUT2D eigenvalue weighted by molar-refractivity contribution is 1.07. The van der Waals surface area contributed by atoms with E-state index in [2.05, 4.69) is 252 Å². The molecule has 0 aliphatic heterocycles. The van der Waals surface area contributed by atoms with Crippen molar-refractivity contribution in [1.29, 1.82) is 0 Å². The van der Waals surface area contributed by atoms with Crippen molar-refractivity contribution in [3.8, 4) is 124 Å². The van der Waals surface area contributed by atoms with Crippen LogP contribution >= 0.6 is 0 Å². The maximum absolute atomic E-state index is 5.07. The van der Waals surface area contributed by atoms with Crippen LogP contribution in [0.1, 0.15) is 0 Å². The molecule has 2 aliphatic rings. The Morgan fingerprint density at radius 1 is 0.164 bits per heavy atom. The zero-order valence-electron chi connectivity index (χ0n) is 59.2. The molecule has 0 radical (unpaired) electrons. The maximum Gasteiger partial charge on any atom is 0.164 e. The van der Waals surface area contributed by atoms with Crippen LogP contribution in [-0.2, 0) is 0 Å². The van der Waals surface area contributed by atoms with Gasteiger partial charge in [-0.1, -0.05) is 303 Å². The molecule has 0 N–H and O–H groups in total. The molecule has 0 bridgehead atoms. The van der Waals surface area contributed by atoms with E-state index in [-0.39, 0.29) is 0 Å². The molecule has 8 heteroatoms. The molecule has 508 valence electrons. The van der Waals surface area contributed by atoms with Gasteiger partial charge in [-0.2, -0.15) is 0 Å². The maximum atomic E-state index is 5.07. The molecule has 4 heterocycles. The van der Waals surface area contributed by atoms with E-state index in [9.17, 15) is 0 Å². The first-order valence-corrected chi connectivity index (χ1v) is 37.4. The average Bonchev–Trinajstić information content (AvgIpc) is 1.53. The highest BCUT2D eigenvalue weighted by atomic mass is 15.1. The normalized spacial score (nSPS) is 12.0. The molecule has 0 fully saturated rings. The number of rotatable bonds is 8. The molecule has 18 aromatic carbocycles. The predicted molar refractivity (Wildman–Crippen MR) is 455 cm³/mol. The third-order valence-electron chi connectivity index (χ3n) is 22.7. The first-order chi connectivity index (χ1) is 54.6. The lowest BCUT2D eigenvalue weighted by Gasteiger charge is -2.19. The summed E-state index contributed by atoms with van der Waals surface area (Å²) in [4.78, 5) is 30.0. The second-order valence-corrected chi connectivity index (χ2v) is 28.7. The van der Waals surface area contributed by atoms with Crippen molar-refractivity contribution in [1.82, 2.24) is 39.0 Å². The molecule has 4 aromatic heterocycles. The quantitative estimate of drug-likeness (QED) is 0.141. The van der Waals surface area contributed by atoms with Crippen molar-refractivity contribution in [3.05, 3.63) is 364 Å². The summed E-state index contributed by atoms with van der Waals surface area (Å²) < 4.78 is 4.86. The van der Waals surface area contributed by atoms with Crippen molar-refractivity contribution in [3.63, 3.8) is 0 Å². The molecular weight excluding hydrogens is 1340 g/mol. The van der Waals surface area contributed by atoms with Crippen LogP contribution in [0.15, 0.2) is 364 Å². The SMILES string of the molecule is c1ccc(-c2nc(-c3ccccc3)nc(-c3ccc(-n4c5cccc6c5c5c7c(cccc7ccc54)-c4c-6c5ccccc5c5ccccc45)cc3)n2)cc1.c1ccc(-c2nc(-c3ccccc3)nc(-c3cccc(-n4c5cccc6c5c5c7c(cccc7ccc54)-c4c-6c5ccccc5c5ccccc45)c3)n2)cc1. The average molecular weight is 1400 g/mol. The van der Waals surface area contributed by atoms with Gasteiger partial charge in [0.15, 0.2) is 34.9 Å². The van der Waals surface area contributed by atoms with Gasteiger partial charge in [-0.25, -0.2) is 29.9 Å². The predicted octanol–water partition coefficient (Wildman–Crippen LogP) is 26.2. The topological polar surface area (TPSA) is 87.2 Å². The Kier molecular flexibility index (Phi) is 13.6. The van der Waals surface area contributed by atoms with Crippen molar-refractivity contribution in [2.75, 3.05) is 0 Å². The fourth-order valence-electron chi connectivity index (χ4n) is 18.1. The van der Waals surface area contributed by atoms with E-state index < -0.39 is 0 Å². The van der Waals surface area contributed by atoms with Crippen LogP contribution in [0.25, 0.3) is 232 Å². The highest BCUT2D eigenvalue weighted by Crippen LogP contribution is 2.57. The first-order valence-electron chi connectivity index (χ1n) is 37.4. The fraction of sp³-hybridized carbons (Fsp3) is 0. The van der Waals surface area contributed by atoms with Crippen LogP contribution in [0.3, 0.4) is 0 Å². The monoisotopic (exact) mass is 1400 g/mol. The molecule has 110 heavy (non-hydrogen) atoms. The number of benzene rings is 18. The van der Waals surface area contributed by atoms with Gasteiger partial charge in [-0.05, 0) is 170 Å². The summed E-state index contributed by atoms with van der Waals surface area (Å²) in [6.07, 6.45) is 0. The Bertz CT molecular complexity index is 7500. The van der Waals surface area contributed by atoms with E-state index in [1.54, 1.807) is 0 Å². The Morgan fingerprint density at radius 3 is 0.800 bits per heavy atom. The zero-order valence-corrected chi connectivity index (χ0v) is 59.2. The molecule has 0 amide bonds. The first kappa shape index (κ1) is 61.4. The standard InChI is InChI=1S/2C51H30N4/c1-3-14-32(15-4-1)49-52-50(33-16-5-2-6-17-33)54-51(53-49)34-19-11-20-35(30-34)55-42-27-13-26-41-46-39-24-10-8-22-37(39)36-21-7-9-23-38(36)45(46)40-25-12-18-31-28-29-43(55)48(44(31)40)47(41)42;1-3-13-32(14-4-1)49-52-50(33-15-5-2-6-16-33)54-51(53-49)34-25-28-35(29-26-34)55-42-24-12-23-41-46-39-21-10-8-19-37(39)36-18-7-9-20-38(36)45(46)40-22-11-17-31-27-30-43(55)48(44(31)40)47(41)42/h2*1-30H. The molecule has 0 atom stereocenters. The summed E-state index contributed by atoms with van der Waals surface area (Å²) in [5, 5.41) is 20.5. The Hall–Kier alpha value is -14.9.